The van der Waals surface area contributed by atoms with Crippen LogP contribution in [0, 0.1) is 12.7 Å². The van der Waals surface area contributed by atoms with Crippen molar-refractivity contribution >= 4 is 23.2 Å². The number of carbonyl (C=O) groups is 1. The van der Waals surface area contributed by atoms with Crippen molar-refractivity contribution in [3.05, 3.63) is 101 Å². The van der Waals surface area contributed by atoms with Gasteiger partial charge in [0.15, 0.2) is 0 Å². The molecule has 4 aromatic rings. The lowest BCUT2D eigenvalue weighted by Crippen LogP contribution is -2.27. The molecule has 3 N–H and O–H groups in total. The van der Waals surface area contributed by atoms with Crippen molar-refractivity contribution in [2.75, 3.05) is 0 Å². The van der Waals surface area contributed by atoms with Crippen molar-refractivity contribution in [1.82, 2.24) is 20.6 Å². The zero-order valence-electron chi connectivity index (χ0n) is 20.0. The lowest BCUT2D eigenvalue weighted by atomic mass is 10.00. The van der Waals surface area contributed by atoms with E-state index in [1.807, 2.05) is 30.5 Å². The van der Waals surface area contributed by atoms with Gasteiger partial charge in [-0.05, 0) is 61.2 Å². The maximum Gasteiger partial charge on any atom is 0.250 e. The average molecular weight is 470 g/mol. The fourth-order valence-electron chi connectivity index (χ4n) is 3.94. The Bertz CT molecular complexity index is 1420. The van der Waals surface area contributed by atoms with E-state index in [9.17, 15) is 9.18 Å². The van der Waals surface area contributed by atoms with E-state index in [1.54, 1.807) is 45.3 Å². The normalized spacial score (nSPS) is 12.1. The summed E-state index contributed by atoms with van der Waals surface area (Å²) < 4.78 is 13.5. The van der Waals surface area contributed by atoms with Crippen LogP contribution in [0.5, 0.6) is 0 Å². The summed E-state index contributed by atoms with van der Waals surface area (Å²) in [4.78, 5) is 24.8. The number of fused-ring (bicyclic) bond motifs is 1. The van der Waals surface area contributed by atoms with Gasteiger partial charge >= 0.3 is 0 Å². The first kappa shape index (κ1) is 23.9. The molecule has 0 aliphatic heterocycles. The Morgan fingerprint density at radius 1 is 1.09 bits per heavy atom. The molecule has 0 saturated carbocycles. The number of aryl methyl sites for hydroxylation is 1. The van der Waals surface area contributed by atoms with Gasteiger partial charge in [-0.25, -0.2) is 14.4 Å². The second kappa shape index (κ2) is 10.8. The van der Waals surface area contributed by atoms with Crippen LogP contribution in [0.4, 0.5) is 4.39 Å². The van der Waals surface area contributed by atoms with Crippen molar-refractivity contribution in [2.45, 2.75) is 33.9 Å². The Labute approximate surface area is 204 Å². The molecule has 35 heavy (non-hydrogen) atoms. The van der Waals surface area contributed by atoms with E-state index < -0.39 is 0 Å². The predicted octanol–water partition coefficient (Wildman–Crippen LogP) is 5.41. The fraction of sp³-hybridized carbons (Fsp3) is 0.179. The summed E-state index contributed by atoms with van der Waals surface area (Å²) in [6.07, 6.45) is 5.38. The molecule has 7 heteroatoms. The van der Waals surface area contributed by atoms with Gasteiger partial charge in [-0.2, -0.15) is 0 Å². The highest BCUT2D eigenvalue weighted by Crippen LogP contribution is 2.30. The average Bonchev–Trinajstić information content (AvgIpc) is 3.31. The molecule has 2 heterocycles. The van der Waals surface area contributed by atoms with Crippen LogP contribution in [-0.4, -0.2) is 22.1 Å². The largest absolute Gasteiger partial charge is 0.366 e. The molecule has 0 radical (unpaired) electrons. The number of carbonyl (C=O) groups excluding carboxylic acids is 1. The molecule has 0 fully saturated rings. The Hall–Kier alpha value is -4.26. The summed E-state index contributed by atoms with van der Waals surface area (Å²) in [5.74, 6) is -0.00384. The molecule has 0 bridgehead atoms. The second-order valence-electron chi connectivity index (χ2n) is 8.24. The molecule has 0 spiro atoms. The molecule has 1 amide bonds. The maximum absolute atomic E-state index is 13.5. The minimum Gasteiger partial charge on any atom is -0.366 e. The van der Waals surface area contributed by atoms with E-state index in [1.165, 1.54) is 6.07 Å². The summed E-state index contributed by atoms with van der Waals surface area (Å²) in [6, 6.07) is 16.9. The molecule has 178 valence electrons. The van der Waals surface area contributed by atoms with Crippen molar-refractivity contribution in [3.63, 3.8) is 0 Å². The standard InChI is InChI=1S/C28H28FN5O/c1-4-30-26(19(3)28(35)34-15-20-11-12-25(29)18(2)14-20)32-16-21-8-5-6-9-22(21)24-17-33-27-23(24)10-7-13-31-27/h4-14,17,32H,15-16H2,1-3H3,(H,31,33)(H,34,35)/b26-19-,30-4?. The first-order valence-electron chi connectivity index (χ1n) is 11.4. The zero-order chi connectivity index (χ0) is 24.8. The van der Waals surface area contributed by atoms with Crippen molar-refractivity contribution in [2.24, 2.45) is 4.99 Å². The van der Waals surface area contributed by atoms with E-state index in [2.05, 4.69) is 37.7 Å². The number of benzene rings is 2. The van der Waals surface area contributed by atoms with Crippen LogP contribution in [0.15, 0.2) is 83.4 Å². The number of aromatic nitrogens is 2. The molecule has 0 atom stereocenters. The van der Waals surface area contributed by atoms with E-state index >= 15 is 0 Å². The van der Waals surface area contributed by atoms with Crippen LogP contribution in [0.1, 0.15) is 30.5 Å². The number of hydrogen-bond donors (Lipinski definition) is 3. The van der Waals surface area contributed by atoms with Gasteiger partial charge < -0.3 is 15.6 Å². The second-order valence-corrected chi connectivity index (χ2v) is 8.24. The lowest BCUT2D eigenvalue weighted by Gasteiger charge is -2.14. The first-order chi connectivity index (χ1) is 17.0. The van der Waals surface area contributed by atoms with Gasteiger partial charge in [-0.1, -0.05) is 36.4 Å². The van der Waals surface area contributed by atoms with Crippen molar-refractivity contribution in [3.8, 4) is 11.1 Å². The summed E-state index contributed by atoms with van der Waals surface area (Å²) in [5.41, 5.74) is 5.90. The Morgan fingerprint density at radius 3 is 2.71 bits per heavy atom. The highest BCUT2D eigenvalue weighted by molar-refractivity contribution is 5.94. The van der Waals surface area contributed by atoms with Crippen LogP contribution in [0.25, 0.3) is 22.2 Å². The van der Waals surface area contributed by atoms with Gasteiger partial charge in [-0.3, -0.25) is 4.79 Å². The number of aliphatic imine (C=N–C) groups is 1. The number of aromatic amines is 1. The van der Waals surface area contributed by atoms with Gasteiger partial charge in [0, 0.05) is 42.6 Å². The Kier molecular flexibility index (Phi) is 7.35. The van der Waals surface area contributed by atoms with Gasteiger partial charge in [0.1, 0.15) is 17.3 Å². The number of rotatable bonds is 8. The van der Waals surface area contributed by atoms with Gasteiger partial charge in [0.25, 0.3) is 5.91 Å². The van der Waals surface area contributed by atoms with E-state index in [0.717, 1.165) is 33.3 Å². The Morgan fingerprint density at radius 2 is 1.91 bits per heavy atom. The lowest BCUT2D eigenvalue weighted by molar-refractivity contribution is -0.117. The number of nitrogens with one attached hydrogen (secondary N) is 3. The summed E-state index contributed by atoms with van der Waals surface area (Å²) in [7, 11) is 0. The van der Waals surface area contributed by atoms with Crippen LogP contribution in [0.2, 0.25) is 0 Å². The molecular weight excluding hydrogens is 441 g/mol. The van der Waals surface area contributed by atoms with Gasteiger partial charge in [0.05, 0.1) is 5.57 Å². The number of pyridine rings is 1. The topological polar surface area (TPSA) is 82.2 Å². The van der Waals surface area contributed by atoms with Crippen LogP contribution >= 0.6 is 0 Å². The minimum atomic E-state index is -0.260. The molecule has 6 nitrogen and oxygen atoms in total. The zero-order valence-corrected chi connectivity index (χ0v) is 20.0. The quantitative estimate of drug-likeness (QED) is 0.239. The third-order valence-corrected chi connectivity index (χ3v) is 5.83. The summed E-state index contributed by atoms with van der Waals surface area (Å²) in [6.45, 7) is 6.03. The van der Waals surface area contributed by atoms with Crippen LogP contribution < -0.4 is 10.6 Å². The number of H-pyrrole nitrogens is 1. The number of amides is 1. The molecule has 4 rings (SSSR count). The molecule has 2 aromatic heterocycles. The summed E-state index contributed by atoms with van der Waals surface area (Å²) >= 11 is 0. The highest BCUT2D eigenvalue weighted by Gasteiger charge is 2.13. The predicted molar refractivity (Wildman–Crippen MR) is 138 cm³/mol. The van der Waals surface area contributed by atoms with Crippen molar-refractivity contribution < 1.29 is 9.18 Å². The first-order valence-corrected chi connectivity index (χ1v) is 11.4. The Balaban J connectivity index is 1.52. The van der Waals surface area contributed by atoms with E-state index in [0.29, 0.717) is 30.0 Å². The molecule has 0 aliphatic rings. The van der Waals surface area contributed by atoms with Gasteiger partial charge in [0.2, 0.25) is 0 Å². The molecule has 0 unspecified atom stereocenters. The molecule has 0 saturated heterocycles. The monoisotopic (exact) mass is 469 g/mol. The molecule has 2 aromatic carbocycles. The maximum atomic E-state index is 13.5. The van der Waals surface area contributed by atoms with Crippen LogP contribution in [-0.2, 0) is 17.9 Å². The van der Waals surface area contributed by atoms with Gasteiger partial charge in [-0.15, -0.1) is 0 Å². The number of hydrogen-bond acceptors (Lipinski definition) is 4. The molecular formula is C28H28FN5O. The molecule has 0 aliphatic carbocycles. The number of nitrogens with zero attached hydrogens (tertiary/aromatic N) is 2. The third kappa shape index (κ3) is 5.46. The highest BCUT2D eigenvalue weighted by atomic mass is 19.1. The van der Waals surface area contributed by atoms with Crippen LogP contribution in [0.3, 0.4) is 0 Å². The fourth-order valence-corrected chi connectivity index (χ4v) is 3.94. The third-order valence-electron chi connectivity index (χ3n) is 5.83. The summed E-state index contributed by atoms with van der Waals surface area (Å²) in [5, 5.41) is 7.27. The van der Waals surface area contributed by atoms with E-state index in [-0.39, 0.29) is 11.7 Å². The van der Waals surface area contributed by atoms with Crippen molar-refractivity contribution in [1.29, 1.82) is 0 Å². The minimum absolute atomic E-state index is 0.240. The smallest absolute Gasteiger partial charge is 0.250 e. The van der Waals surface area contributed by atoms with E-state index in [4.69, 9.17) is 0 Å². The number of halogens is 1. The SMILES string of the molecule is CC=N/C(NCc1ccccc1-c1c[nH]c2ncccc12)=C(\C)C(=O)NCc1ccc(F)c(C)c1.